The van der Waals surface area contributed by atoms with Gasteiger partial charge in [-0.2, -0.15) is 13.2 Å². The summed E-state index contributed by atoms with van der Waals surface area (Å²) in [6.07, 6.45) is -5.18. The third-order valence-electron chi connectivity index (χ3n) is 3.03. The van der Waals surface area contributed by atoms with Gasteiger partial charge >= 0.3 is 6.18 Å². The zero-order valence-electron chi connectivity index (χ0n) is 12.4. The highest BCUT2D eigenvalue weighted by atomic mass is 19.4. The number of hydrogen-bond acceptors (Lipinski definition) is 4. The smallest absolute Gasteiger partial charge is 0.390 e. The summed E-state index contributed by atoms with van der Waals surface area (Å²) in [5, 5.41) is 5.46. The Morgan fingerprint density at radius 1 is 1.39 bits per heavy atom. The van der Waals surface area contributed by atoms with Crippen LogP contribution in [0.1, 0.15) is 12.8 Å². The van der Waals surface area contributed by atoms with E-state index in [-0.39, 0.29) is 24.6 Å². The maximum Gasteiger partial charge on any atom is 0.390 e. The molecule has 1 aromatic rings. The summed E-state index contributed by atoms with van der Waals surface area (Å²) in [5.74, 6) is -0.00805. The normalized spacial score (nSPS) is 17.4. The second-order valence-corrected chi connectivity index (χ2v) is 4.89. The number of benzene rings is 1. The number of hydrazone groups is 1. The Kier molecular flexibility index (Phi) is 5.02. The molecule has 0 saturated heterocycles. The first kappa shape index (κ1) is 17.0. The number of aliphatic imine (C=N–C) groups is 1. The van der Waals surface area contributed by atoms with Crippen LogP contribution in [0, 0.1) is 5.82 Å². The third kappa shape index (κ3) is 5.08. The number of halogens is 4. The SMILES string of the molecule is C=C1C(=NCCC(F)(F)F)CC(Oc2cccc(F)c2)=NN1C. The van der Waals surface area contributed by atoms with Crippen molar-refractivity contribution in [1.29, 1.82) is 0 Å². The second-order valence-electron chi connectivity index (χ2n) is 4.89. The van der Waals surface area contributed by atoms with Crippen LogP contribution in [0.5, 0.6) is 5.75 Å². The van der Waals surface area contributed by atoms with Gasteiger partial charge in [0.05, 0.1) is 24.3 Å². The van der Waals surface area contributed by atoms with Gasteiger partial charge in [0.15, 0.2) is 0 Å². The lowest BCUT2D eigenvalue weighted by molar-refractivity contribution is -0.132. The van der Waals surface area contributed by atoms with Crippen molar-refractivity contribution in [3.05, 3.63) is 42.4 Å². The highest BCUT2D eigenvalue weighted by molar-refractivity contribution is 6.11. The van der Waals surface area contributed by atoms with Crippen LogP contribution >= 0.6 is 0 Å². The molecule has 1 heterocycles. The van der Waals surface area contributed by atoms with E-state index in [1.54, 1.807) is 13.1 Å². The number of alkyl halides is 3. The summed E-state index contributed by atoms with van der Waals surface area (Å²) < 4.78 is 55.2. The maximum absolute atomic E-state index is 13.1. The van der Waals surface area contributed by atoms with E-state index in [1.807, 2.05) is 0 Å². The quantitative estimate of drug-likeness (QED) is 0.792. The Morgan fingerprint density at radius 2 is 2.13 bits per heavy atom. The van der Waals surface area contributed by atoms with Crippen molar-refractivity contribution in [3.8, 4) is 5.75 Å². The van der Waals surface area contributed by atoms with Crippen LogP contribution in [0.3, 0.4) is 0 Å². The first-order valence-electron chi connectivity index (χ1n) is 6.78. The van der Waals surface area contributed by atoms with Crippen molar-refractivity contribution in [2.45, 2.75) is 19.0 Å². The van der Waals surface area contributed by atoms with Gasteiger partial charge < -0.3 is 4.74 Å². The minimum Gasteiger partial charge on any atom is -0.441 e. The largest absolute Gasteiger partial charge is 0.441 e. The molecule has 0 saturated carbocycles. The predicted octanol–water partition coefficient (Wildman–Crippen LogP) is 3.76. The molecule has 8 heteroatoms. The molecule has 0 atom stereocenters. The molecule has 0 spiro atoms. The van der Waals surface area contributed by atoms with Gasteiger partial charge in [0.1, 0.15) is 11.6 Å². The lowest BCUT2D eigenvalue weighted by Gasteiger charge is -2.25. The molecular weight excluding hydrogens is 314 g/mol. The van der Waals surface area contributed by atoms with Crippen LogP contribution in [0.25, 0.3) is 0 Å². The molecule has 1 aromatic carbocycles. The summed E-state index contributed by atoms with van der Waals surface area (Å²) in [6.45, 7) is 3.35. The van der Waals surface area contributed by atoms with Gasteiger partial charge in [-0.25, -0.2) is 4.39 Å². The van der Waals surface area contributed by atoms with Crippen molar-refractivity contribution >= 4 is 11.6 Å². The standard InChI is InChI=1S/C15H15F4N3O/c1-10-13(20-7-6-15(17,18)19)9-14(21-22(10)2)23-12-5-3-4-11(16)8-12/h3-5,8H,1,6-7,9H2,2H3. The monoisotopic (exact) mass is 329 g/mol. The van der Waals surface area contributed by atoms with Gasteiger partial charge in [0.25, 0.3) is 0 Å². The van der Waals surface area contributed by atoms with E-state index in [9.17, 15) is 17.6 Å². The van der Waals surface area contributed by atoms with Crippen molar-refractivity contribution in [2.24, 2.45) is 10.1 Å². The van der Waals surface area contributed by atoms with E-state index in [2.05, 4.69) is 16.7 Å². The lowest BCUT2D eigenvalue weighted by atomic mass is 10.2. The Bertz CT molecular complexity index is 652. The van der Waals surface area contributed by atoms with Crippen LogP contribution in [0.15, 0.2) is 46.6 Å². The molecule has 0 unspecified atom stereocenters. The fourth-order valence-corrected chi connectivity index (χ4v) is 1.88. The predicted molar refractivity (Wildman–Crippen MR) is 79.0 cm³/mol. The van der Waals surface area contributed by atoms with E-state index in [0.29, 0.717) is 11.4 Å². The molecule has 124 valence electrons. The first-order valence-corrected chi connectivity index (χ1v) is 6.78. The van der Waals surface area contributed by atoms with Gasteiger partial charge in [-0.3, -0.25) is 10.0 Å². The lowest BCUT2D eigenvalue weighted by Crippen LogP contribution is -2.30. The molecule has 0 aliphatic carbocycles. The van der Waals surface area contributed by atoms with E-state index in [0.717, 1.165) is 0 Å². The highest BCUT2D eigenvalue weighted by Gasteiger charge is 2.27. The number of rotatable bonds is 3. The van der Waals surface area contributed by atoms with E-state index in [4.69, 9.17) is 4.74 Å². The van der Waals surface area contributed by atoms with E-state index < -0.39 is 18.4 Å². The van der Waals surface area contributed by atoms with Crippen molar-refractivity contribution < 1.29 is 22.3 Å². The van der Waals surface area contributed by atoms with Gasteiger partial charge in [0, 0.05) is 19.7 Å². The summed E-state index contributed by atoms with van der Waals surface area (Å²) >= 11 is 0. The van der Waals surface area contributed by atoms with Crippen LogP contribution in [-0.2, 0) is 0 Å². The maximum atomic E-state index is 13.1. The zero-order chi connectivity index (χ0) is 17.0. The molecular formula is C15H15F4N3O. The van der Waals surface area contributed by atoms with E-state index >= 15 is 0 Å². The minimum absolute atomic E-state index is 0.0948. The van der Waals surface area contributed by atoms with Gasteiger partial charge in [0.2, 0.25) is 5.90 Å². The molecule has 0 radical (unpaired) electrons. The summed E-state index contributed by atoms with van der Waals surface area (Å²) in [7, 11) is 1.58. The Hall–Kier alpha value is -2.38. The van der Waals surface area contributed by atoms with Crippen LogP contribution in [0.2, 0.25) is 0 Å². The molecule has 4 nitrogen and oxygen atoms in total. The number of nitrogens with zero attached hydrogens (tertiary/aromatic N) is 3. The summed E-state index contributed by atoms with van der Waals surface area (Å²) in [4.78, 5) is 3.93. The van der Waals surface area contributed by atoms with Crippen molar-refractivity contribution in [2.75, 3.05) is 13.6 Å². The second kappa shape index (κ2) is 6.80. The molecule has 0 aromatic heterocycles. The Balaban J connectivity index is 2.09. The summed E-state index contributed by atoms with van der Waals surface area (Å²) in [6, 6.07) is 5.49. The molecule has 1 aliphatic heterocycles. The average molecular weight is 329 g/mol. The fourth-order valence-electron chi connectivity index (χ4n) is 1.88. The third-order valence-corrected chi connectivity index (χ3v) is 3.03. The Morgan fingerprint density at radius 3 is 2.78 bits per heavy atom. The molecule has 0 amide bonds. The molecule has 1 aliphatic rings. The fraction of sp³-hybridized carbons (Fsp3) is 0.333. The number of ether oxygens (including phenoxy) is 1. The highest BCUT2D eigenvalue weighted by Crippen LogP contribution is 2.21. The Labute approximate surface area is 130 Å². The average Bonchev–Trinajstić information content (AvgIpc) is 2.42. The molecule has 2 rings (SSSR count). The topological polar surface area (TPSA) is 37.2 Å². The molecule has 0 bridgehead atoms. The van der Waals surface area contributed by atoms with Crippen LogP contribution in [0.4, 0.5) is 17.6 Å². The molecule has 0 N–H and O–H groups in total. The zero-order valence-corrected chi connectivity index (χ0v) is 12.4. The van der Waals surface area contributed by atoms with Crippen LogP contribution in [-0.4, -0.2) is 36.4 Å². The minimum atomic E-state index is -4.26. The van der Waals surface area contributed by atoms with Gasteiger partial charge in [-0.1, -0.05) is 12.6 Å². The van der Waals surface area contributed by atoms with Crippen molar-refractivity contribution in [3.63, 3.8) is 0 Å². The summed E-state index contributed by atoms with van der Waals surface area (Å²) in [5.41, 5.74) is 0.761. The van der Waals surface area contributed by atoms with Crippen LogP contribution < -0.4 is 4.74 Å². The number of allylic oxidation sites excluding steroid dienone is 1. The molecule has 0 fully saturated rings. The number of hydrogen-bond donors (Lipinski definition) is 0. The molecule has 23 heavy (non-hydrogen) atoms. The first-order chi connectivity index (χ1) is 10.7. The van der Waals surface area contributed by atoms with Crippen molar-refractivity contribution in [1.82, 2.24) is 5.01 Å². The van der Waals surface area contributed by atoms with Gasteiger partial charge in [-0.15, -0.1) is 5.10 Å². The van der Waals surface area contributed by atoms with Gasteiger partial charge in [-0.05, 0) is 12.1 Å². The van der Waals surface area contributed by atoms with E-state index in [1.165, 1.54) is 23.2 Å².